The topological polar surface area (TPSA) is 41.6 Å². The molecule has 0 aromatic heterocycles. The molecule has 2 atom stereocenters. The van der Waals surface area contributed by atoms with Gasteiger partial charge in [0, 0.05) is 29.4 Å². The molecule has 356 valence electrons. The summed E-state index contributed by atoms with van der Waals surface area (Å²) >= 11 is 0. The molecule has 0 saturated heterocycles. The van der Waals surface area contributed by atoms with Crippen LogP contribution in [0.25, 0.3) is 11.1 Å². The Labute approximate surface area is 395 Å². The number of hydrogen-bond donors (Lipinski definition) is 1. The summed E-state index contributed by atoms with van der Waals surface area (Å²) in [6, 6.07) is 18.9. The average molecular weight is 875 g/mol. The molecule has 1 fully saturated rings. The highest BCUT2D eigenvalue weighted by Crippen LogP contribution is 2.45. The first-order chi connectivity index (χ1) is 30.9. The minimum Gasteiger partial charge on any atom is -0.496 e. The fraction of sp³-hybridized carbons (Fsp3) is 0.550. The lowest BCUT2D eigenvalue weighted by molar-refractivity contribution is 0.102. The number of anilines is 1. The third kappa shape index (κ3) is 19.5. The van der Waals surface area contributed by atoms with Crippen molar-refractivity contribution in [1.82, 2.24) is 4.90 Å². The van der Waals surface area contributed by atoms with Gasteiger partial charge in [-0.2, -0.15) is 0 Å². The van der Waals surface area contributed by atoms with E-state index in [0.717, 1.165) is 72.9 Å². The van der Waals surface area contributed by atoms with E-state index in [1.165, 1.54) is 90.7 Å². The Kier molecular flexibility index (Phi) is 30.2. The largest absolute Gasteiger partial charge is 0.496 e. The molecule has 1 aliphatic rings. The quantitative estimate of drug-likeness (QED) is 0.102. The van der Waals surface area contributed by atoms with Crippen LogP contribution < -0.4 is 10.1 Å². The number of nitrogens with one attached hydrogen (secondary N) is 1. The van der Waals surface area contributed by atoms with Crippen LogP contribution >= 0.6 is 0 Å². The van der Waals surface area contributed by atoms with E-state index in [-0.39, 0.29) is 5.91 Å². The zero-order valence-electron chi connectivity index (χ0n) is 44.0. The molecule has 1 N–H and O–H groups in total. The molecule has 0 bridgehead atoms. The second-order valence-corrected chi connectivity index (χ2v) is 17.5. The standard InChI is InChI=1S/C42H51NO2.C14H31N.2C2H6/c1-8-11-12-16-35(15-10-3)41-39(34-17-13-18-34)27-37(28-40(41)45-7)43-42(44)36-23-21-32(22-24-36)25-33-20-19-30(5)38(26-33)31(6)29(4)14-9-2;1-6-10-15(12-14(5)8-3)11-9-13(4)7-2;2*1-2/h10-12,15-16,19-24,26-28,34H,8-9,13-14,17-18,25H2,1-7H3,(H,43,44);13-14H,6-12H2,1-5H3;2*1-2H3/b12-11+,15-10-,31-29-,35-16+;;;. The number of amides is 1. The number of aryl methyl sites for hydroxylation is 1. The number of carbonyl (C=O) groups is 1. The van der Waals surface area contributed by atoms with E-state index in [9.17, 15) is 4.79 Å². The monoisotopic (exact) mass is 875 g/mol. The lowest BCUT2D eigenvalue weighted by Crippen LogP contribution is -2.31. The third-order valence-electron chi connectivity index (χ3n) is 12.5. The van der Waals surface area contributed by atoms with Gasteiger partial charge in [-0.05, 0) is 161 Å². The minimum absolute atomic E-state index is 0.115. The average Bonchev–Trinajstić information content (AvgIpc) is 3.29. The molecule has 0 spiro atoms. The van der Waals surface area contributed by atoms with Gasteiger partial charge in [-0.3, -0.25) is 4.79 Å². The summed E-state index contributed by atoms with van der Waals surface area (Å²) in [5.74, 6) is 2.88. The summed E-state index contributed by atoms with van der Waals surface area (Å²) in [4.78, 5) is 16.1. The number of rotatable bonds is 22. The van der Waals surface area contributed by atoms with Crippen LogP contribution in [0.2, 0.25) is 0 Å². The lowest BCUT2D eigenvalue weighted by Gasteiger charge is -2.30. The van der Waals surface area contributed by atoms with Gasteiger partial charge >= 0.3 is 0 Å². The number of methoxy groups -OCH3 is 1. The van der Waals surface area contributed by atoms with E-state index in [0.29, 0.717) is 11.5 Å². The number of allylic oxidation sites excluding steroid dienone is 8. The zero-order chi connectivity index (χ0) is 48.0. The van der Waals surface area contributed by atoms with Crippen LogP contribution in [0.1, 0.15) is 211 Å². The SMILES string of the molecule is CC.CC.CCCN(CCC(C)CC)CC(C)CC.C\C=C/C(=C\C=C\CC)c1c(OC)cc(NC(=O)c2ccc(Cc3ccc(C)c(/C(C)=C(/C)CCC)c3)cc2)cc1C1CCC1. The molecule has 1 saturated carbocycles. The van der Waals surface area contributed by atoms with Gasteiger partial charge in [-0.15, -0.1) is 0 Å². The minimum atomic E-state index is -0.115. The van der Waals surface area contributed by atoms with Crippen molar-refractivity contribution in [3.63, 3.8) is 0 Å². The molecule has 0 aliphatic heterocycles. The van der Waals surface area contributed by atoms with Crippen LogP contribution in [-0.4, -0.2) is 37.6 Å². The predicted molar refractivity (Wildman–Crippen MR) is 286 cm³/mol. The van der Waals surface area contributed by atoms with E-state index in [2.05, 4.69) is 146 Å². The van der Waals surface area contributed by atoms with Crippen molar-refractivity contribution in [2.24, 2.45) is 11.8 Å². The Morgan fingerprint density at radius 1 is 0.859 bits per heavy atom. The lowest BCUT2D eigenvalue weighted by atomic mass is 9.76. The van der Waals surface area contributed by atoms with Gasteiger partial charge < -0.3 is 15.0 Å². The van der Waals surface area contributed by atoms with Crippen molar-refractivity contribution in [2.75, 3.05) is 32.1 Å². The Morgan fingerprint density at radius 3 is 2.06 bits per heavy atom. The van der Waals surface area contributed by atoms with Crippen molar-refractivity contribution >= 4 is 22.7 Å². The molecule has 0 radical (unpaired) electrons. The Morgan fingerprint density at radius 2 is 1.52 bits per heavy atom. The van der Waals surface area contributed by atoms with Crippen molar-refractivity contribution in [3.05, 3.63) is 129 Å². The van der Waals surface area contributed by atoms with Crippen LogP contribution in [-0.2, 0) is 6.42 Å². The van der Waals surface area contributed by atoms with E-state index in [4.69, 9.17) is 4.74 Å². The summed E-state index contributed by atoms with van der Waals surface area (Å²) < 4.78 is 5.94. The second-order valence-electron chi connectivity index (χ2n) is 17.5. The van der Waals surface area contributed by atoms with E-state index >= 15 is 0 Å². The van der Waals surface area contributed by atoms with E-state index < -0.39 is 0 Å². The fourth-order valence-electron chi connectivity index (χ4n) is 7.91. The maximum Gasteiger partial charge on any atom is 0.255 e. The summed E-state index contributed by atoms with van der Waals surface area (Å²) in [5.41, 5.74) is 12.9. The van der Waals surface area contributed by atoms with Crippen LogP contribution in [0.3, 0.4) is 0 Å². The molecular formula is C60H94N2O2. The van der Waals surface area contributed by atoms with Crippen LogP contribution in [0.5, 0.6) is 5.75 Å². The first-order valence-electron chi connectivity index (χ1n) is 25.5. The smallest absolute Gasteiger partial charge is 0.255 e. The maximum atomic E-state index is 13.4. The molecule has 4 nitrogen and oxygen atoms in total. The van der Waals surface area contributed by atoms with E-state index in [1.807, 2.05) is 52.8 Å². The van der Waals surface area contributed by atoms with Gasteiger partial charge in [0.1, 0.15) is 5.75 Å². The molecule has 0 heterocycles. The van der Waals surface area contributed by atoms with Crippen LogP contribution in [0.15, 0.2) is 90.6 Å². The summed E-state index contributed by atoms with van der Waals surface area (Å²) in [6.45, 7) is 36.6. The molecule has 1 amide bonds. The van der Waals surface area contributed by atoms with E-state index in [1.54, 1.807) is 7.11 Å². The van der Waals surface area contributed by atoms with Gasteiger partial charge in [-0.25, -0.2) is 0 Å². The molecule has 4 rings (SSSR count). The summed E-state index contributed by atoms with van der Waals surface area (Å²) in [6.07, 6.45) is 23.6. The molecular weight excluding hydrogens is 781 g/mol. The van der Waals surface area contributed by atoms with Crippen molar-refractivity contribution < 1.29 is 9.53 Å². The van der Waals surface area contributed by atoms with Crippen molar-refractivity contribution in [2.45, 2.75) is 180 Å². The molecule has 4 heteroatoms. The highest BCUT2D eigenvalue weighted by atomic mass is 16.5. The third-order valence-corrected chi connectivity index (χ3v) is 12.5. The number of ether oxygens (including phenoxy) is 1. The molecule has 3 aromatic carbocycles. The Hall–Kier alpha value is -4.15. The fourth-order valence-corrected chi connectivity index (χ4v) is 7.91. The molecule has 3 aromatic rings. The number of benzene rings is 3. The molecule has 64 heavy (non-hydrogen) atoms. The van der Waals surface area contributed by atoms with Gasteiger partial charge in [0.25, 0.3) is 5.91 Å². The van der Waals surface area contributed by atoms with Gasteiger partial charge in [-0.1, -0.05) is 168 Å². The highest BCUT2D eigenvalue weighted by Gasteiger charge is 2.26. The Bertz CT molecular complexity index is 1870. The van der Waals surface area contributed by atoms with Gasteiger partial charge in [0.05, 0.1) is 7.11 Å². The molecule has 2 unspecified atom stereocenters. The number of hydrogen-bond acceptors (Lipinski definition) is 3. The molecule has 1 aliphatic carbocycles. The summed E-state index contributed by atoms with van der Waals surface area (Å²) in [7, 11) is 1.71. The highest BCUT2D eigenvalue weighted by molar-refractivity contribution is 6.04. The van der Waals surface area contributed by atoms with Gasteiger partial charge in [0.15, 0.2) is 0 Å². The zero-order valence-corrected chi connectivity index (χ0v) is 44.0. The second kappa shape index (κ2) is 33.3. The maximum absolute atomic E-state index is 13.4. The number of carbonyl (C=O) groups excluding carboxylic acids is 1. The Balaban J connectivity index is 0.000000910. The number of nitrogens with zero attached hydrogens (tertiary/aromatic N) is 1. The normalized spacial score (nSPS) is 14.0. The predicted octanol–water partition coefficient (Wildman–Crippen LogP) is 17.9. The van der Waals surface area contributed by atoms with Gasteiger partial charge in [0.2, 0.25) is 0 Å². The van der Waals surface area contributed by atoms with Crippen LogP contribution in [0, 0.1) is 18.8 Å². The van der Waals surface area contributed by atoms with Crippen LogP contribution in [0.4, 0.5) is 5.69 Å². The van der Waals surface area contributed by atoms with Crippen molar-refractivity contribution in [3.8, 4) is 5.75 Å². The van der Waals surface area contributed by atoms with Crippen molar-refractivity contribution in [1.29, 1.82) is 0 Å². The first-order valence-corrected chi connectivity index (χ1v) is 25.5. The summed E-state index contributed by atoms with van der Waals surface area (Å²) in [5, 5.41) is 3.17. The first kappa shape index (κ1) is 57.9.